The quantitative estimate of drug-likeness (QED) is 0.736. The van der Waals surface area contributed by atoms with Crippen molar-refractivity contribution in [2.45, 2.75) is 6.92 Å². The number of hydrogen-bond donors (Lipinski definition) is 2. The molecule has 0 unspecified atom stereocenters. The Kier molecular flexibility index (Phi) is 7.00. The van der Waals surface area contributed by atoms with Crippen LogP contribution in [0, 0.1) is 6.92 Å². The molecule has 2 rings (SSSR count). The fraction of sp³-hybridized carbons (Fsp3) is 0.167. The standard InChI is InChI=1S/C18H16Cl2N2O4/c1-11-14(20)6-3-7-15(11)22-16(23)9-21-17(24)10-26-18(25)12-4-2-5-13(19)8-12/h2-8H,9-10H2,1H3,(H,21,24)(H,22,23). The fourth-order valence-corrected chi connectivity index (χ4v) is 2.36. The molecule has 0 bridgehead atoms. The maximum atomic E-state index is 11.9. The predicted molar refractivity (Wildman–Crippen MR) is 99.6 cm³/mol. The first kappa shape index (κ1) is 19.8. The highest BCUT2D eigenvalue weighted by Gasteiger charge is 2.12. The molecule has 0 spiro atoms. The lowest BCUT2D eigenvalue weighted by molar-refractivity contribution is -0.126. The van der Waals surface area contributed by atoms with Crippen LogP contribution in [0.4, 0.5) is 5.69 Å². The van der Waals surface area contributed by atoms with Gasteiger partial charge in [0.2, 0.25) is 5.91 Å². The van der Waals surface area contributed by atoms with Crippen LogP contribution in [0.3, 0.4) is 0 Å². The van der Waals surface area contributed by atoms with Crippen molar-refractivity contribution in [3.05, 3.63) is 63.6 Å². The third-order valence-electron chi connectivity index (χ3n) is 3.38. The van der Waals surface area contributed by atoms with Gasteiger partial charge in [0.05, 0.1) is 12.1 Å². The van der Waals surface area contributed by atoms with E-state index in [4.69, 9.17) is 27.9 Å². The summed E-state index contributed by atoms with van der Waals surface area (Å²) in [7, 11) is 0. The Morgan fingerprint density at radius 3 is 2.50 bits per heavy atom. The number of ether oxygens (including phenoxy) is 1. The van der Waals surface area contributed by atoms with Gasteiger partial charge in [0.25, 0.3) is 5.91 Å². The number of hydrogen-bond acceptors (Lipinski definition) is 4. The highest BCUT2D eigenvalue weighted by atomic mass is 35.5. The summed E-state index contributed by atoms with van der Waals surface area (Å²) in [6, 6.07) is 11.3. The Labute approximate surface area is 160 Å². The molecule has 2 aromatic carbocycles. The molecule has 2 aromatic rings. The van der Waals surface area contributed by atoms with Gasteiger partial charge in [-0.2, -0.15) is 0 Å². The number of amides is 2. The van der Waals surface area contributed by atoms with Gasteiger partial charge < -0.3 is 15.4 Å². The summed E-state index contributed by atoms with van der Waals surface area (Å²) >= 11 is 11.8. The first-order valence-corrected chi connectivity index (χ1v) is 8.37. The second-order valence-electron chi connectivity index (χ2n) is 5.32. The number of carbonyl (C=O) groups excluding carboxylic acids is 3. The number of halogens is 2. The molecule has 26 heavy (non-hydrogen) atoms. The van der Waals surface area contributed by atoms with E-state index in [9.17, 15) is 14.4 Å². The zero-order valence-corrected chi connectivity index (χ0v) is 15.4. The summed E-state index contributed by atoms with van der Waals surface area (Å²) in [6.07, 6.45) is 0. The van der Waals surface area contributed by atoms with Gasteiger partial charge in [0, 0.05) is 15.7 Å². The third kappa shape index (κ3) is 5.75. The number of benzene rings is 2. The average Bonchev–Trinajstić information content (AvgIpc) is 2.61. The minimum Gasteiger partial charge on any atom is -0.452 e. The van der Waals surface area contributed by atoms with E-state index < -0.39 is 24.4 Å². The zero-order chi connectivity index (χ0) is 19.1. The van der Waals surface area contributed by atoms with Crippen LogP contribution >= 0.6 is 23.2 Å². The molecular formula is C18H16Cl2N2O4. The number of rotatable bonds is 6. The van der Waals surface area contributed by atoms with E-state index in [1.807, 2.05) is 0 Å². The Morgan fingerprint density at radius 2 is 1.77 bits per heavy atom. The van der Waals surface area contributed by atoms with E-state index in [0.29, 0.717) is 15.7 Å². The third-order valence-corrected chi connectivity index (χ3v) is 4.03. The normalized spacial score (nSPS) is 10.1. The molecule has 0 heterocycles. The molecule has 136 valence electrons. The van der Waals surface area contributed by atoms with Crippen LogP contribution in [-0.2, 0) is 14.3 Å². The van der Waals surface area contributed by atoms with Gasteiger partial charge in [-0.1, -0.05) is 35.3 Å². The van der Waals surface area contributed by atoms with Crippen molar-refractivity contribution in [2.75, 3.05) is 18.5 Å². The van der Waals surface area contributed by atoms with Crippen LogP contribution in [0.15, 0.2) is 42.5 Å². The Balaban J connectivity index is 1.77. The van der Waals surface area contributed by atoms with Crippen LogP contribution in [0.1, 0.15) is 15.9 Å². The molecule has 0 aliphatic rings. The lowest BCUT2D eigenvalue weighted by Crippen LogP contribution is -2.35. The van der Waals surface area contributed by atoms with Crippen molar-refractivity contribution in [1.82, 2.24) is 5.32 Å². The SMILES string of the molecule is Cc1c(Cl)cccc1NC(=O)CNC(=O)COC(=O)c1cccc(Cl)c1. The molecule has 0 saturated heterocycles. The molecule has 0 fully saturated rings. The predicted octanol–water partition coefficient (Wildman–Crippen LogP) is 3.21. The molecule has 8 heteroatoms. The summed E-state index contributed by atoms with van der Waals surface area (Å²) < 4.78 is 4.87. The van der Waals surface area contributed by atoms with Gasteiger partial charge in [0.1, 0.15) is 0 Å². The molecule has 0 atom stereocenters. The molecule has 0 aliphatic carbocycles. The molecule has 0 aromatic heterocycles. The summed E-state index contributed by atoms with van der Waals surface area (Å²) in [5, 5.41) is 5.92. The van der Waals surface area contributed by atoms with Gasteiger partial charge in [0.15, 0.2) is 6.61 Å². The monoisotopic (exact) mass is 394 g/mol. The van der Waals surface area contributed by atoms with Gasteiger partial charge >= 0.3 is 5.97 Å². The van der Waals surface area contributed by atoms with Crippen LogP contribution in [-0.4, -0.2) is 30.9 Å². The Hall–Kier alpha value is -2.57. The van der Waals surface area contributed by atoms with E-state index in [1.54, 1.807) is 37.3 Å². The summed E-state index contributed by atoms with van der Waals surface area (Å²) in [5.74, 6) is -1.70. The first-order valence-electron chi connectivity index (χ1n) is 7.61. The smallest absolute Gasteiger partial charge is 0.338 e. The van der Waals surface area contributed by atoms with E-state index >= 15 is 0 Å². The van der Waals surface area contributed by atoms with Crippen molar-refractivity contribution in [3.8, 4) is 0 Å². The van der Waals surface area contributed by atoms with Gasteiger partial charge in [-0.15, -0.1) is 0 Å². The summed E-state index contributed by atoms with van der Waals surface area (Å²) in [4.78, 5) is 35.4. The van der Waals surface area contributed by atoms with E-state index in [-0.39, 0.29) is 12.1 Å². The van der Waals surface area contributed by atoms with Crippen molar-refractivity contribution in [3.63, 3.8) is 0 Å². The minimum atomic E-state index is -0.679. The topological polar surface area (TPSA) is 84.5 Å². The highest BCUT2D eigenvalue weighted by molar-refractivity contribution is 6.31. The molecule has 2 N–H and O–H groups in total. The minimum absolute atomic E-state index is 0.236. The maximum absolute atomic E-state index is 11.9. The number of carbonyl (C=O) groups is 3. The molecule has 0 aliphatic heterocycles. The number of esters is 1. The molecular weight excluding hydrogens is 379 g/mol. The Morgan fingerprint density at radius 1 is 1.04 bits per heavy atom. The first-order chi connectivity index (χ1) is 12.4. The fourth-order valence-electron chi connectivity index (χ4n) is 2.00. The largest absolute Gasteiger partial charge is 0.452 e. The van der Waals surface area contributed by atoms with Crippen LogP contribution in [0.25, 0.3) is 0 Å². The summed E-state index contributed by atoms with van der Waals surface area (Å²) in [6.45, 7) is 1.00. The second kappa shape index (κ2) is 9.22. The lowest BCUT2D eigenvalue weighted by Gasteiger charge is -2.10. The maximum Gasteiger partial charge on any atom is 0.338 e. The number of anilines is 1. The van der Waals surface area contributed by atoms with Crippen LogP contribution in [0.5, 0.6) is 0 Å². The van der Waals surface area contributed by atoms with Crippen molar-refractivity contribution in [1.29, 1.82) is 0 Å². The van der Waals surface area contributed by atoms with Crippen molar-refractivity contribution >= 4 is 46.7 Å². The van der Waals surface area contributed by atoms with Crippen molar-refractivity contribution < 1.29 is 19.1 Å². The lowest BCUT2D eigenvalue weighted by atomic mass is 10.2. The van der Waals surface area contributed by atoms with Gasteiger partial charge in [-0.3, -0.25) is 9.59 Å². The highest BCUT2D eigenvalue weighted by Crippen LogP contribution is 2.22. The van der Waals surface area contributed by atoms with Crippen molar-refractivity contribution in [2.24, 2.45) is 0 Å². The summed E-state index contributed by atoms with van der Waals surface area (Å²) in [5.41, 5.74) is 1.52. The number of nitrogens with one attached hydrogen (secondary N) is 2. The average molecular weight is 395 g/mol. The van der Waals surface area contributed by atoms with Gasteiger partial charge in [-0.05, 0) is 42.8 Å². The van der Waals surface area contributed by atoms with Crippen LogP contribution < -0.4 is 10.6 Å². The van der Waals surface area contributed by atoms with E-state index in [2.05, 4.69) is 10.6 Å². The Bertz CT molecular complexity index is 840. The van der Waals surface area contributed by atoms with E-state index in [1.165, 1.54) is 12.1 Å². The second-order valence-corrected chi connectivity index (χ2v) is 6.17. The van der Waals surface area contributed by atoms with Gasteiger partial charge in [-0.25, -0.2) is 4.79 Å². The molecule has 0 saturated carbocycles. The van der Waals surface area contributed by atoms with E-state index in [0.717, 1.165) is 5.56 Å². The molecule has 0 radical (unpaired) electrons. The van der Waals surface area contributed by atoms with Crippen LogP contribution in [0.2, 0.25) is 10.0 Å². The molecule has 6 nitrogen and oxygen atoms in total. The zero-order valence-electron chi connectivity index (χ0n) is 13.8. The molecule has 2 amide bonds.